The Labute approximate surface area is 61.1 Å². The van der Waals surface area contributed by atoms with Crippen LogP contribution in [0.25, 0.3) is 0 Å². The topological polar surface area (TPSA) is 72.4 Å². The molecule has 60 valence electrons. The zero-order valence-corrected chi connectivity index (χ0v) is 6.66. The van der Waals surface area contributed by atoms with Gasteiger partial charge >= 0.3 is 0 Å². The molecule has 0 fully saturated rings. The summed E-state index contributed by atoms with van der Waals surface area (Å²) in [7, 11) is 1.49. The Bertz CT molecular complexity index is 122. The fourth-order valence-corrected chi connectivity index (χ4v) is 0.520. The van der Waals surface area contributed by atoms with Gasteiger partial charge in [0, 0.05) is 7.05 Å². The zero-order chi connectivity index (χ0) is 8.31. The molecule has 1 unspecified atom stereocenters. The predicted octanol–water partition coefficient (Wildman–Crippen LogP) is -0.698. The van der Waals surface area contributed by atoms with E-state index in [4.69, 9.17) is 11.6 Å². The summed E-state index contributed by atoms with van der Waals surface area (Å²) in [5.74, 6) is 5.09. The van der Waals surface area contributed by atoms with Crippen molar-refractivity contribution in [3.63, 3.8) is 0 Å². The molecule has 10 heavy (non-hydrogen) atoms. The van der Waals surface area contributed by atoms with Crippen molar-refractivity contribution < 1.29 is 4.79 Å². The molecular weight excluding hydrogens is 130 g/mol. The largest absolute Gasteiger partial charge is 0.320 e. The van der Waals surface area contributed by atoms with E-state index >= 15 is 0 Å². The Balaban J connectivity index is 3.95. The van der Waals surface area contributed by atoms with Crippen LogP contribution in [0.1, 0.15) is 13.8 Å². The average molecular weight is 145 g/mol. The first-order valence-electron chi connectivity index (χ1n) is 3.24. The summed E-state index contributed by atoms with van der Waals surface area (Å²) in [6.45, 7) is 3.76. The Morgan fingerprint density at radius 2 is 1.90 bits per heavy atom. The van der Waals surface area contributed by atoms with Gasteiger partial charge in [-0.15, -0.1) is 0 Å². The van der Waals surface area contributed by atoms with Crippen LogP contribution in [0, 0.1) is 5.92 Å². The van der Waals surface area contributed by atoms with E-state index in [2.05, 4.69) is 0 Å². The molecule has 0 aromatic carbocycles. The monoisotopic (exact) mass is 145 g/mol. The van der Waals surface area contributed by atoms with Crippen molar-refractivity contribution in [3.8, 4) is 0 Å². The van der Waals surface area contributed by atoms with Crippen molar-refractivity contribution in [1.82, 2.24) is 5.01 Å². The first-order valence-corrected chi connectivity index (χ1v) is 3.24. The van der Waals surface area contributed by atoms with E-state index in [1.807, 2.05) is 13.8 Å². The SMILES string of the molecule is CC(C)C(N)C(=O)N(C)N. The molecule has 0 radical (unpaired) electrons. The third kappa shape index (κ3) is 2.33. The summed E-state index contributed by atoms with van der Waals surface area (Å²) in [4.78, 5) is 11.0. The number of rotatable bonds is 2. The van der Waals surface area contributed by atoms with E-state index in [0.29, 0.717) is 0 Å². The predicted molar refractivity (Wildman–Crippen MR) is 39.8 cm³/mol. The molecule has 4 N–H and O–H groups in total. The molecule has 0 saturated carbocycles. The molecule has 4 nitrogen and oxygen atoms in total. The van der Waals surface area contributed by atoms with Crippen molar-refractivity contribution in [3.05, 3.63) is 0 Å². The van der Waals surface area contributed by atoms with Gasteiger partial charge < -0.3 is 5.73 Å². The van der Waals surface area contributed by atoms with Gasteiger partial charge in [-0.3, -0.25) is 9.80 Å². The summed E-state index contributed by atoms with van der Waals surface area (Å²) in [5.41, 5.74) is 5.49. The number of likely N-dealkylation sites (N-methyl/N-ethyl adjacent to an activating group) is 1. The van der Waals surface area contributed by atoms with Gasteiger partial charge in [-0.2, -0.15) is 0 Å². The second kappa shape index (κ2) is 3.53. The molecule has 0 aliphatic rings. The second-order valence-electron chi connectivity index (χ2n) is 2.72. The van der Waals surface area contributed by atoms with Crippen LogP contribution in [0.5, 0.6) is 0 Å². The van der Waals surface area contributed by atoms with Crippen LogP contribution in [-0.2, 0) is 4.79 Å². The number of nitrogens with two attached hydrogens (primary N) is 2. The van der Waals surface area contributed by atoms with E-state index in [9.17, 15) is 4.79 Å². The Morgan fingerprint density at radius 3 is 2.00 bits per heavy atom. The maximum absolute atomic E-state index is 11.0. The minimum Gasteiger partial charge on any atom is -0.320 e. The van der Waals surface area contributed by atoms with Crippen LogP contribution in [0.15, 0.2) is 0 Å². The molecular formula is C6H15N3O. The molecule has 0 aliphatic heterocycles. The van der Waals surface area contributed by atoms with E-state index in [0.717, 1.165) is 5.01 Å². The van der Waals surface area contributed by atoms with E-state index in [1.165, 1.54) is 7.05 Å². The normalized spacial score (nSPS) is 13.4. The molecule has 0 aromatic rings. The van der Waals surface area contributed by atoms with Crippen molar-refractivity contribution in [2.45, 2.75) is 19.9 Å². The lowest BCUT2D eigenvalue weighted by Gasteiger charge is -2.18. The lowest BCUT2D eigenvalue weighted by molar-refractivity contribution is -0.132. The van der Waals surface area contributed by atoms with Crippen LogP contribution in [0.2, 0.25) is 0 Å². The molecule has 0 heterocycles. The van der Waals surface area contributed by atoms with Gasteiger partial charge in [0.05, 0.1) is 6.04 Å². The summed E-state index contributed by atoms with van der Waals surface area (Å²) in [6.07, 6.45) is 0. The number of hydrogen-bond donors (Lipinski definition) is 2. The van der Waals surface area contributed by atoms with Crippen LogP contribution < -0.4 is 11.6 Å². The van der Waals surface area contributed by atoms with Gasteiger partial charge in [0.25, 0.3) is 5.91 Å². The minimum absolute atomic E-state index is 0.137. The number of carbonyl (C=O) groups excluding carboxylic acids is 1. The Kier molecular flexibility index (Phi) is 3.32. The van der Waals surface area contributed by atoms with E-state index < -0.39 is 6.04 Å². The molecule has 0 spiro atoms. The number of hydrazine groups is 1. The highest BCUT2D eigenvalue weighted by molar-refractivity contribution is 5.80. The highest BCUT2D eigenvalue weighted by Crippen LogP contribution is 1.99. The maximum atomic E-state index is 11.0. The number of amides is 1. The molecule has 0 aromatic heterocycles. The summed E-state index contributed by atoms with van der Waals surface area (Å²) < 4.78 is 0. The Hall–Kier alpha value is -0.610. The molecule has 0 aliphatic carbocycles. The quantitative estimate of drug-likeness (QED) is 0.306. The second-order valence-corrected chi connectivity index (χ2v) is 2.72. The molecule has 0 rings (SSSR count). The van der Waals surface area contributed by atoms with Crippen molar-refractivity contribution in [1.29, 1.82) is 0 Å². The number of nitrogens with zero attached hydrogens (tertiary/aromatic N) is 1. The Morgan fingerprint density at radius 1 is 1.50 bits per heavy atom. The van der Waals surface area contributed by atoms with Gasteiger partial charge in [-0.05, 0) is 5.92 Å². The van der Waals surface area contributed by atoms with Crippen LogP contribution in [-0.4, -0.2) is 24.0 Å². The first-order chi connectivity index (χ1) is 4.46. The van der Waals surface area contributed by atoms with Gasteiger partial charge in [0.1, 0.15) is 0 Å². The lowest BCUT2D eigenvalue weighted by atomic mass is 10.1. The van der Waals surface area contributed by atoms with Crippen LogP contribution in [0.4, 0.5) is 0 Å². The maximum Gasteiger partial charge on any atom is 0.253 e. The highest BCUT2D eigenvalue weighted by Gasteiger charge is 2.18. The molecule has 4 heteroatoms. The molecule has 1 atom stereocenters. The van der Waals surface area contributed by atoms with Crippen LogP contribution >= 0.6 is 0 Å². The van der Waals surface area contributed by atoms with Crippen molar-refractivity contribution in [2.24, 2.45) is 17.5 Å². The zero-order valence-electron chi connectivity index (χ0n) is 6.66. The standard InChI is InChI=1S/C6H15N3O/c1-4(2)5(7)6(10)9(3)8/h4-5H,7-8H2,1-3H3. The average Bonchev–Trinajstić information content (AvgIpc) is 1.84. The van der Waals surface area contributed by atoms with E-state index in [-0.39, 0.29) is 11.8 Å². The van der Waals surface area contributed by atoms with Crippen molar-refractivity contribution >= 4 is 5.91 Å². The smallest absolute Gasteiger partial charge is 0.253 e. The van der Waals surface area contributed by atoms with Crippen molar-refractivity contribution in [2.75, 3.05) is 7.05 Å². The fraction of sp³-hybridized carbons (Fsp3) is 0.833. The molecule has 0 bridgehead atoms. The van der Waals surface area contributed by atoms with Gasteiger partial charge in [0.2, 0.25) is 0 Å². The molecule has 0 saturated heterocycles. The van der Waals surface area contributed by atoms with Gasteiger partial charge in [-0.25, -0.2) is 5.84 Å². The fourth-order valence-electron chi connectivity index (χ4n) is 0.520. The molecule has 1 amide bonds. The number of hydrogen-bond acceptors (Lipinski definition) is 3. The van der Waals surface area contributed by atoms with Gasteiger partial charge in [0.15, 0.2) is 0 Å². The minimum atomic E-state index is -0.477. The van der Waals surface area contributed by atoms with Crippen LogP contribution in [0.3, 0.4) is 0 Å². The first kappa shape index (κ1) is 9.39. The summed E-state index contributed by atoms with van der Waals surface area (Å²) in [5, 5.41) is 1.02. The third-order valence-electron chi connectivity index (χ3n) is 1.35. The van der Waals surface area contributed by atoms with Gasteiger partial charge in [-0.1, -0.05) is 13.8 Å². The lowest BCUT2D eigenvalue weighted by Crippen LogP contribution is -2.47. The summed E-state index contributed by atoms with van der Waals surface area (Å²) >= 11 is 0. The number of carbonyl (C=O) groups is 1. The highest BCUT2D eigenvalue weighted by atomic mass is 16.2. The summed E-state index contributed by atoms with van der Waals surface area (Å²) in [6, 6.07) is -0.477. The van der Waals surface area contributed by atoms with E-state index in [1.54, 1.807) is 0 Å². The third-order valence-corrected chi connectivity index (χ3v) is 1.35.